The zero-order valence-electron chi connectivity index (χ0n) is 33.9. The third kappa shape index (κ3) is 5.29. The van der Waals surface area contributed by atoms with Crippen LogP contribution >= 0.6 is 0 Å². The van der Waals surface area contributed by atoms with Crippen LogP contribution in [0.4, 0.5) is 0 Å². The van der Waals surface area contributed by atoms with Gasteiger partial charge in [0.05, 0.1) is 16.5 Å². The molecule has 0 saturated carbocycles. The first-order valence-electron chi connectivity index (χ1n) is 20.5. The lowest BCUT2D eigenvalue weighted by atomic mass is 9.93. The van der Waals surface area contributed by atoms with E-state index in [1.807, 2.05) is 138 Å². The van der Waals surface area contributed by atoms with Crippen LogP contribution in [0.1, 0.15) is 5.48 Å². The summed E-state index contributed by atoms with van der Waals surface area (Å²) < 4.78 is 43.9. The zero-order chi connectivity index (χ0) is 40.5. The quantitative estimate of drug-likeness (QED) is 0.172. The normalized spacial score (nSPS) is 12.6. The second kappa shape index (κ2) is 13.0. The summed E-state index contributed by atoms with van der Waals surface area (Å²) in [7, 11) is 0. The first-order valence-corrected chi connectivity index (χ1v) is 18.5. The van der Waals surface area contributed by atoms with Gasteiger partial charge in [-0.25, -0.2) is 15.0 Å². The Balaban J connectivity index is 1.11. The molecule has 0 N–H and O–H groups in total. The number of para-hydroxylation sites is 3. The first-order chi connectivity index (χ1) is 29.4. The SMILES string of the molecule is [2H]c1c([2H])c([2H])c2c(c1[2H])c1cccc(-c3ccccc3-c3ccccc3)c1n2-c1ccc(-c2nc(-c3ccccc3)nc(-c3ccc4c(c3)oc3ccccc34)n2)cc1. The molecule has 56 heavy (non-hydrogen) atoms. The molecule has 0 atom stereocenters. The van der Waals surface area contributed by atoms with Crippen molar-refractivity contribution < 1.29 is 9.90 Å². The van der Waals surface area contributed by atoms with E-state index in [9.17, 15) is 1.37 Å². The highest BCUT2D eigenvalue weighted by Crippen LogP contribution is 2.41. The second-order valence-electron chi connectivity index (χ2n) is 13.7. The molecule has 0 aliphatic rings. The van der Waals surface area contributed by atoms with Gasteiger partial charge in [0.15, 0.2) is 17.5 Å². The van der Waals surface area contributed by atoms with Crippen LogP contribution in [-0.4, -0.2) is 19.5 Å². The minimum atomic E-state index is -0.286. The average molecular weight is 721 g/mol. The summed E-state index contributed by atoms with van der Waals surface area (Å²) in [6.07, 6.45) is 0. The lowest BCUT2D eigenvalue weighted by molar-refractivity contribution is 0.669. The number of benzene rings is 8. The zero-order valence-corrected chi connectivity index (χ0v) is 29.9. The van der Waals surface area contributed by atoms with Gasteiger partial charge in [0, 0.05) is 49.5 Å². The third-order valence-corrected chi connectivity index (χ3v) is 10.4. The van der Waals surface area contributed by atoms with E-state index in [0.717, 1.165) is 77.5 Å². The van der Waals surface area contributed by atoms with Crippen LogP contribution in [0.15, 0.2) is 198 Å². The summed E-state index contributed by atoms with van der Waals surface area (Å²) in [5.41, 5.74) is 9.86. The molecule has 0 unspecified atom stereocenters. The van der Waals surface area contributed by atoms with Crippen LogP contribution in [0.25, 0.3) is 106 Å². The fourth-order valence-electron chi connectivity index (χ4n) is 7.80. The third-order valence-electron chi connectivity index (χ3n) is 10.4. The molecule has 0 spiro atoms. The highest BCUT2D eigenvalue weighted by Gasteiger charge is 2.19. The maximum Gasteiger partial charge on any atom is 0.164 e. The van der Waals surface area contributed by atoms with Gasteiger partial charge in [-0.3, -0.25) is 0 Å². The predicted octanol–water partition coefficient (Wildman–Crippen LogP) is 13.2. The van der Waals surface area contributed by atoms with Gasteiger partial charge in [0.1, 0.15) is 11.2 Å². The van der Waals surface area contributed by atoms with Crippen molar-refractivity contribution in [1.29, 1.82) is 0 Å². The van der Waals surface area contributed by atoms with E-state index >= 15 is 0 Å². The molecule has 0 aliphatic carbocycles. The van der Waals surface area contributed by atoms with Crippen LogP contribution < -0.4 is 0 Å². The van der Waals surface area contributed by atoms with Gasteiger partial charge < -0.3 is 8.98 Å². The van der Waals surface area contributed by atoms with Gasteiger partial charge >= 0.3 is 0 Å². The van der Waals surface area contributed by atoms with Crippen LogP contribution in [0, 0.1) is 0 Å². The Morgan fingerprint density at radius 3 is 1.77 bits per heavy atom. The maximum absolute atomic E-state index is 9.22. The lowest BCUT2D eigenvalue weighted by Crippen LogP contribution is -2.01. The topological polar surface area (TPSA) is 56.7 Å². The summed E-state index contributed by atoms with van der Waals surface area (Å²) in [4.78, 5) is 14.9. The molecule has 3 heterocycles. The van der Waals surface area contributed by atoms with Crippen molar-refractivity contribution in [2.75, 3.05) is 0 Å². The smallest absolute Gasteiger partial charge is 0.164 e. The minimum absolute atomic E-state index is 0.0770. The number of aromatic nitrogens is 4. The van der Waals surface area contributed by atoms with Crippen molar-refractivity contribution in [2.45, 2.75) is 0 Å². The van der Waals surface area contributed by atoms with Gasteiger partial charge in [-0.2, -0.15) is 0 Å². The van der Waals surface area contributed by atoms with Crippen LogP contribution in [-0.2, 0) is 0 Å². The van der Waals surface area contributed by atoms with E-state index < -0.39 is 0 Å². The average Bonchev–Trinajstić information content (AvgIpc) is 3.87. The molecule has 0 bridgehead atoms. The molecule has 0 amide bonds. The summed E-state index contributed by atoms with van der Waals surface area (Å²) in [6, 6.07) is 55.3. The largest absolute Gasteiger partial charge is 0.456 e. The van der Waals surface area contributed by atoms with Gasteiger partial charge in [-0.1, -0.05) is 146 Å². The van der Waals surface area contributed by atoms with Crippen molar-refractivity contribution >= 4 is 43.7 Å². The molecule has 11 rings (SSSR count). The Morgan fingerprint density at radius 1 is 0.411 bits per heavy atom. The first kappa shape index (κ1) is 27.9. The van der Waals surface area contributed by atoms with Crippen molar-refractivity contribution in [2.24, 2.45) is 0 Å². The van der Waals surface area contributed by atoms with E-state index in [1.54, 1.807) is 0 Å². The summed E-state index contributed by atoms with van der Waals surface area (Å²) in [5, 5.41) is 3.27. The molecule has 5 nitrogen and oxygen atoms in total. The van der Waals surface area contributed by atoms with Crippen molar-refractivity contribution in [1.82, 2.24) is 19.5 Å². The van der Waals surface area contributed by atoms with E-state index in [2.05, 4.69) is 36.4 Å². The van der Waals surface area contributed by atoms with Gasteiger partial charge in [0.2, 0.25) is 0 Å². The Bertz CT molecular complexity index is 3470. The Morgan fingerprint density at radius 2 is 0.982 bits per heavy atom. The molecule has 0 saturated heterocycles. The highest BCUT2D eigenvalue weighted by atomic mass is 16.3. The Hall–Kier alpha value is -7.63. The van der Waals surface area contributed by atoms with Crippen LogP contribution in [0.2, 0.25) is 0 Å². The van der Waals surface area contributed by atoms with E-state index in [-0.39, 0.29) is 24.2 Å². The molecule has 8 aromatic carbocycles. The second-order valence-corrected chi connectivity index (χ2v) is 13.7. The van der Waals surface area contributed by atoms with Crippen molar-refractivity contribution in [3.05, 3.63) is 194 Å². The maximum atomic E-state index is 9.22. The van der Waals surface area contributed by atoms with E-state index in [4.69, 9.17) is 23.5 Å². The number of furan rings is 1. The highest BCUT2D eigenvalue weighted by molar-refractivity contribution is 6.14. The van der Waals surface area contributed by atoms with Gasteiger partial charge in [-0.05, 0) is 65.2 Å². The molecular formula is C51H32N4O. The van der Waals surface area contributed by atoms with Gasteiger partial charge in [-0.15, -0.1) is 0 Å². The minimum Gasteiger partial charge on any atom is -0.456 e. The number of hydrogen-bond donors (Lipinski definition) is 0. The standard InChI is InChI=1S/C51H32N4O/c1-3-14-33(15-4-1)38-18-7-8-19-39(38)43-22-13-23-44-40-20-9-11-24-45(40)55(48(43)44)37-29-26-35(27-30-37)50-52-49(34-16-5-2-6-17-34)53-51(54-50)36-28-31-42-41-21-10-12-25-46(41)56-47(42)32-36/h1-32H/i9D,11D,20D,24D. The Kier molecular flexibility index (Phi) is 6.50. The molecular weight excluding hydrogens is 685 g/mol. The number of nitrogens with zero attached hydrogens (tertiary/aromatic N) is 4. The molecule has 3 aromatic heterocycles. The number of hydrogen-bond acceptors (Lipinski definition) is 4. The fraction of sp³-hybridized carbons (Fsp3) is 0. The van der Waals surface area contributed by atoms with Crippen LogP contribution in [0.5, 0.6) is 0 Å². The molecule has 0 radical (unpaired) electrons. The summed E-state index contributed by atoms with van der Waals surface area (Å²) >= 11 is 0. The van der Waals surface area contributed by atoms with Crippen LogP contribution in [0.3, 0.4) is 0 Å². The monoisotopic (exact) mass is 720 g/mol. The molecule has 262 valence electrons. The molecule has 0 aliphatic heterocycles. The van der Waals surface area contributed by atoms with Crippen molar-refractivity contribution in [3.63, 3.8) is 0 Å². The van der Waals surface area contributed by atoms with Crippen molar-refractivity contribution in [3.8, 4) is 62.1 Å². The lowest BCUT2D eigenvalue weighted by Gasteiger charge is -2.15. The number of fused-ring (bicyclic) bond motifs is 6. The number of rotatable bonds is 6. The summed E-state index contributed by atoms with van der Waals surface area (Å²) in [5.74, 6) is 1.52. The predicted molar refractivity (Wildman–Crippen MR) is 229 cm³/mol. The van der Waals surface area contributed by atoms with E-state index in [1.165, 1.54) is 0 Å². The van der Waals surface area contributed by atoms with E-state index in [0.29, 0.717) is 28.4 Å². The molecule has 5 heteroatoms. The van der Waals surface area contributed by atoms with Gasteiger partial charge in [0.25, 0.3) is 0 Å². The summed E-state index contributed by atoms with van der Waals surface area (Å²) in [6.45, 7) is 0. The fourth-order valence-corrected chi connectivity index (χ4v) is 7.80. The molecule has 0 fully saturated rings. The Labute approximate surface area is 328 Å². The molecule has 11 aromatic rings.